The predicted molar refractivity (Wildman–Crippen MR) is 95.0 cm³/mol. The van der Waals surface area contributed by atoms with E-state index in [1.54, 1.807) is 7.11 Å². The SMILES string of the molecule is CN=C(NCC1(C2CC2)CC1)NC(C)c1cc(C)ccc1OC. The quantitative estimate of drug-likeness (QED) is 0.624. The largest absolute Gasteiger partial charge is 0.496 e. The molecule has 0 heterocycles. The van der Waals surface area contributed by atoms with Crippen LogP contribution < -0.4 is 15.4 Å². The van der Waals surface area contributed by atoms with Crippen LogP contribution in [0.2, 0.25) is 0 Å². The lowest BCUT2D eigenvalue weighted by molar-refractivity contribution is 0.404. The fraction of sp³-hybridized carbons (Fsp3) is 0.632. The molecule has 2 aliphatic rings. The molecule has 0 aliphatic heterocycles. The van der Waals surface area contributed by atoms with Crippen molar-refractivity contribution >= 4 is 5.96 Å². The molecule has 1 aromatic rings. The maximum Gasteiger partial charge on any atom is 0.191 e. The third-order valence-electron chi connectivity index (χ3n) is 5.37. The monoisotopic (exact) mass is 315 g/mol. The number of hydrogen-bond acceptors (Lipinski definition) is 2. The highest BCUT2D eigenvalue weighted by atomic mass is 16.5. The molecular formula is C19H29N3O. The maximum atomic E-state index is 5.50. The van der Waals surface area contributed by atoms with E-state index in [4.69, 9.17) is 4.74 Å². The van der Waals surface area contributed by atoms with E-state index < -0.39 is 0 Å². The molecular weight excluding hydrogens is 286 g/mol. The van der Waals surface area contributed by atoms with Gasteiger partial charge < -0.3 is 15.4 Å². The van der Waals surface area contributed by atoms with Crippen molar-refractivity contribution in [1.82, 2.24) is 10.6 Å². The smallest absolute Gasteiger partial charge is 0.191 e. The Hall–Kier alpha value is -1.71. The molecule has 2 aliphatic carbocycles. The minimum atomic E-state index is 0.145. The van der Waals surface area contributed by atoms with Crippen molar-refractivity contribution in [2.75, 3.05) is 20.7 Å². The standard InChI is InChI=1S/C19H29N3O/c1-13-5-8-17(23-4)16(11-13)14(2)22-18(20-3)21-12-19(9-10-19)15-6-7-15/h5,8,11,14-15H,6-7,9-10,12H2,1-4H3,(H2,20,21,22). The molecule has 4 heteroatoms. The summed E-state index contributed by atoms with van der Waals surface area (Å²) in [5, 5.41) is 7.05. The topological polar surface area (TPSA) is 45.7 Å². The van der Waals surface area contributed by atoms with Crippen molar-refractivity contribution in [1.29, 1.82) is 0 Å². The third-order valence-corrected chi connectivity index (χ3v) is 5.37. The Labute approximate surface area is 139 Å². The summed E-state index contributed by atoms with van der Waals surface area (Å²) in [4.78, 5) is 4.40. The van der Waals surface area contributed by atoms with Crippen molar-refractivity contribution < 1.29 is 4.74 Å². The first kappa shape index (κ1) is 16.2. The molecule has 1 aromatic carbocycles. The van der Waals surface area contributed by atoms with Crippen molar-refractivity contribution in [3.8, 4) is 5.75 Å². The second kappa shape index (κ2) is 6.42. The number of aliphatic imine (C=N–C) groups is 1. The van der Waals surface area contributed by atoms with Crippen LogP contribution in [0.3, 0.4) is 0 Å². The van der Waals surface area contributed by atoms with Crippen LogP contribution >= 0.6 is 0 Å². The van der Waals surface area contributed by atoms with Gasteiger partial charge in [0.2, 0.25) is 0 Å². The lowest BCUT2D eigenvalue weighted by atomic mass is 10.0. The molecule has 0 bridgehead atoms. The third kappa shape index (κ3) is 3.62. The Morgan fingerprint density at radius 3 is 2.70 bits per heavy atom. The highest BCUT2D eigenvalue weighted by Crippen LogP contribution is 2.60. The number of aryl methyl sites for hydroxylation is 1. The first-order chi connectivity index (χ1) is 11.1. The van der Waals surface area contributed by atoms with Crippen LogP contribution in [0.15, 0.2) is 23.2 Å². The molecule has 2 saturated carbocycles. The second-order valence-corrected chi connectivity index (χ2v) is 7.17. The molecule has 2 fully saturated rings. The highest BCUT2D eigenvalue weighted by Gasteiger charge is 2.53. The highest BCUT2D eigenvalue weighted by molar-refractivity contribution is 5.80. The van der Waals surface area contributed by atoms with Gasteiger partial charge in [-0.3, -0.25) is 4.99 Å². The summed E-state index contributed by atoms with van der Waals surface area (Å²) in [6.45, 7) is 5.31. The van der Waals surface area contributed by atoms with E-state index in [0.29, 0.717) is 5.41 Å². The Morgan fingerprint density at radius 1 is 1.39 bits per heavy atom. The number of hydrogen-bond donors (Lipinski definition) is 2. The zero-order valence-electron chi connectivity index (χ0n) is 14.8. The molecule has 1 unspecified atom stereocenters. The lowest BCUT2D eigenvalue weighted by Gasteiger charge is -2.22. The van der Waals surface area contributed by atoms with E-state index in [1.807, 2.05) is 13.1 Å². The molecule has 0 saturated heterocycles. The Balaban J connectivity index is 1.61. The molecule has 1 atom stereocenters. The Kier molecular flexibility index (Phi) is 4.51. The van der Waals surface area contributed by atoms with Gasteiger partial charge in [-0.25, -0.2) is 0 Å². The van der Waals surface area contributed by atoms with E-state index in [2.05, 4.69) is 41.6 Å². The van der Waals surface area contributed by atoms with Gasteiger partial charge in [-0.2, -0.15) is 0 Å². The van der Waals surface area contributed by atoms with E-state index in [9.17, 15) is 0 Å². The Morgan fingerprint density at radius 2 is 2.13 bits per heavy atom. The fourth-order valence-corrected chi connectivity index (χ4v) is 3.52. The molecule has 4 nitrogen and oxygen atoms in total. The van der Waals surface area contributed by atoms with Crippen LogP contribution in [0.25, 0.3) is 0 Å². The van der Waals surface area contributed by atoms with Gasteiger partial charge in [0.25, 0.3) is 0 Å². The number of ether oxygens (including phenoxy) is 1. The summed E-state index contributed by atoms with van der Waals surface area (Å²) >= 11 is 0. The summed E-state index contributed by atoms with van der Waals surface area (Å²) in [6, 6.07) is 6.43. The number of nitrogens with zero attached hydrogens (tertiary/aromatic N) is 1. The summed E-state index contributed by atoms with van der Waals surface area (Å²) in [5.74, 6) is 2.76. The van der Waals surface area contributed by atoms with E-state index in [-0.39, 0.29) is 6.04 Å². The number of guanidine groups is 1. The van der Waals surface area contributed by atoms with E-state index >= 15 is 0 Å². The van der Waals surface area contributed by atoms with E-state index in [0.717, 1.165) is 24.2 Å². The second-order valence-electron chi connectivity index (χ2n) is 7.17. The van der Waals surface area contributed by atoms with Crippen LogP contribution in [0.5, 0.6) is 5.75 Å². The Bertz CT molecular complexity index is 588. The number of nitrogens with one attached hydrogen (secondary N) is 2. The van der Waals surface area contributed by atoms with E-state index in [1.165, 1.54) is 36.8 Å². The van der Waals surface area contributed by atoms with Gasteiger partial charge in [0.1, 0.15) is 5.75 Å². The predicted octanol–water partition coefficient (Wildman–Crippen LogP) is 3.42. The average Bonchev–Trinajstić information content (AvgIpc) is 3.44. The zero-order valence-corrected chi connectivity index (χ0v) is 14.8. The van der Waals surface area contributed by atoms with Gasteiger partial charge in [-0.15, -0.1) is 0 Å². The molecule has 0 amide bonds. The van der Waals surface area contributed by atoms with Gasteiger partial charge in [0, 0.05) is 19.2 Å². The van der Waals surface area contributed by atoms with Crippen LogP contribution in [-0.2, 0) is 0 Å². The van der Waals surface area contributed by atoms with Crippen molar-refractivity contribution in [3.63, 3.8) is 0 Å². The van der Waals surface area contributed by atoms with Crippen molar-refractivity contribution in [3.05, 3.63) is 29.3 Å². The lowest BCUT2D eigenvalue weighted by Crippen LogP contribution is -2.41. The first-order valence-corrected chi connectivity index (χ1v) is 8.70. The summed E-state index contributed by atoms with van der Waals surface area (Å²) in [5.41, 5.74) is 2.98. The molecule has 0 spiro atoms. The summed E-state index contributed by atoms with van der Waals surface area (Å²) in [7, 11) is 3.56. The van der Waals surface area contributed by atoms with Gasteiger partial charge in [-0.05, 0) is 56.9 Å². The van der Waals surface area contributed by atoms with Gasteiger partial charge in [0.05, 0.1) is 13.2 Å². The van der Waals surface area contributed by atoms with Crippen molar-refractivity contribution in [2.24, 2.45) is 16.3 Å². The van der Waals surface area contributed by atoms with Gasteiger partial charge in [0.15, 0.2) is 5.96 Å². The van der Waals surface area contributed by atoms with Crippen molar-refractivity contribution in [2.45, 2.75) is 45.6 Å². The van der Waals surface area contributed by atoms with Gasteiger partial charge >= 0.3 is 0 Å². The van der Waals surface area contributed by atoms with Gasteiger partial charge in [-0.1, -0.05) is 17.7 Å². The van der Waals surface area contributed by atoms with Crippen LogP contribution in [0.4, 0.5) is 0 Å². The molecule has 0 aromatic heterocycles. The normalized spacial score (nSPS) is 20.8. The minimum absolute atomic E-state index is 0.145. The maximum absolute atomic E-state index is 5.50. The zero-order chi connectivity index (χ0) is 16.4. The van der Waals surface area contributed by atoms with Crippen LogP contribution in [-0.4, -0.2) is 26.7 Å². The van der Waals surface area contributed by atoms with Crippen LogP contribution in [0.1, 0.15) is 49.8 Å². The molecule has 126 valence electrons. The first-order valence-electron chi connectivity index (χ1n) is 8.70. The fourth-order valence-electron chi connectivity index (χ4n) is 3.52. The summed E-state index contributed by atoms with van der Waals surface area (Å²) in [6.07, 6.45) is 5.60. The minimum Gasteiger partial charge on any atom is -0.496 e. The number of rotatable bonds is 6. The molecule has 0 radical (unpaired) electrons. The number of methoxy groups -OCH3 is 1. The molecule has 3 rings (SSSR count). The van der Waals surface area contributed by atoms with Crippen LogP contribution in [0, 0.1) is 18.3 Å². The number of benzene rings is 1. The molecule has 2 N–H and O–H groups in total. The molecule has 23 heavy (non-hydrogen) atoms. The average molecular weight is 315 g/mol. The summed E-state index contributed by atoms with van der Waals surface area (Å²) < 4.78 is 5.50.